The van der Waals surface area contributed by atoms with E-state index >= 15 is 0 Å². The first-order chi connectivity index (χ1) is 13.8. The molecule has 1 unspecified atom stereocenters. The standard InChI is InChI=1S/C21H26N4O3S/c1-16-12-19-13-18(5-6-20(19)25(16)29(2,27)28)21(26)24-10-8-23(9-11-24)15-17-4-3-7-22-14-17/h3-7,13-14,16H,8-12,15H2,1-2H3. The summed E-state index contributed by atoms with van der Waals surface area (Å²) in [5, 5.41) is 0. The molecule has 1 aromatic carbocycles. The monoisotopic (exact) mass is 414 g/mol. The molecule has 1 aromatic heterocycles. The van der Waals surface area contributed by atoms with Gasteiger partial charge in [0.1, 0.15) is 0 Å². The van der Waals surface area contributed by atoms with Gasteiger partial charge in [-0.2, -0.15) is 0 Å². The number of aromatic nitrogens is 1. The van der Waals surface area contributed by atoms with Crippen LogP contribution in [0.15, 0.2) is 42.7 Å². The minimum atomic E-state index is -3.32. The van der Waals surface area contributed by atoms with E-state index in [0.717, 1.165) is 25.2 Å². The Morgan fingerprint density at radius 2 is 1.93 bits per heavy atom. The summed E-state index contributed by atoms with van der Waals surface area (Å²) >= 11 is 0. The number of pyridine rings is 1. The number of benzene rings is 1. The molecule has 1 saturated heterocycles. The highest BCUT2D eigenvalue weighted by Gasteiger charge is 2.33. The van der Waals surface area contributed by atoms with Crippen LogP contribution in [0.25, 0.3) is 0 Å². The third-order valence-corrected chi connectivity index (χ3v) is 6.90. The Labute approximate surface area is 172 Å². The van der Waals surface area contributed by atoms with Gasteiger partial charge in [-0.15, -0.1) is 0 Å². The number of anilines is 1. The van der Waals surface area contributed by atoms with E-state index in [1.54, 1.807) is 18.3 Å². The fourth-order valence-corrected chi connectivity index (χ4v) is 5.55. The van der Waals surface area contributed by atoms with Crippen molar-refractivity contribution >= 4 is 21.6 Å². The molecule has 0 saturated carbocycles. The summed E-state index contributed by atoms with van der Waals surface area (Å²) < 4.78 is 25.6. The number of fused-ring (bicyclic) bond motifs is 1. The van der Waals surface area contributed by atoms with Gasteiger partial charge in [0.25, 0.3) is 5.91 Å². The molecule has 0 bridgehead atoms. The molecule has 8 heteroatoms. The SMILES string of the molecule is CC1Cc2cc(C(=O)N3CCN(Cc4cccnc4)CC3)ccc2N1S(C)(=O)=O. The fraction of sp³-hybridized carbons (Fsp3) is 0.429. The molecule has 2 aliphatic rings. The van der Waals surface area contributed by atoms with Crippen molar-refractivity contribution < 1.29 is 13.2 Å². The Hall–Kier alpha value is -2.45. The first kappa shape index (κ1) is 19.8. The van der Waals surface area contributed by atoms with Crippen LogP contribution in [0.4, 0.5) is 5.69 Å². The lowest BCUT2D eigenvalue weighted by Crippen LogP contribution is -2.48. The minimum absolute atomic E-state index is 0.0132. The Morgan fingerprint density at radius 1 is 1.17 bits per heavy atom. The number of carbonyl (C=O) groups is 1. The predicted molar refractivity (Wildman–Crippen MR) is 112 cm³/mol. The van der Waals surface area contributed by atoms with Crippen molar-refractivity contribution in [1.82, 2.24) is 14.8 Å². The van der Waals surface area contributed by atoms with Crippen LogP contribution in [0.3, 0.4) is 0 Å². The molecule has 0 aliphatic carbocycles. The van der Waals surface area contributed by atoms with Gasteiger partial charge in [0, 0.05) is 56.7 Å². The summed E-state index contributed by atoms with van der Waals surface area (Å²) in [6.07, 6.45) is 5.50. The molecule has 0 radical (unpaired) electrons. The van der Waals surface area contributed by atoms with Crippen LogP contribution in [0.5, 0.6) is 0 Å². The number of piperazine rings is 1. The molecule has 1 fully saturated rings. The maximum Gasteiger partial charge on any atom is 0.253 e. The summed E-state index contributed by atoms with van der Waals surface area (Å²) in [5.74, 6) is 0.0132. The van der Waals surface area contributed by atoms with Gasteiger partial charge in [0.15, 0.2) is 0 Å². The Kier molecular flexibility index (Phi) is 5.31. The average Bonchev–Trinajstić information content (AvgIpc) is 3.04. The highest BCUT2D eigenvalue weighted by atomic mass is 32.2. The highest BCUT2D eigenvalue weighted by Crippen LogP contribution is 2.35. The van der Waals surface area contributed by atoms with E-state index in [2.05, 4.69) is 16.0 Å². The van der Waals surface area contributed by atoms with E-state index < -0.39 is 10.0 Å². The molecule has 2 aliphatic heterocycles. The Bertz CT molecular complexity index is 1000. The van der Waals surface area contributed by atoms with Crippen molar-refractivity contribution in [2.45, 2.75) is 25.9 Å². The van der Waals surface area contributed by atoms with E-state index in [1.165, 1.54) is 16.1 Å². The molecule has 154 valence electrons. The van der Waals surface area contributed by atoms with E-state index in [9.17, 15) is 13.2 Å². The normalized spacial score (nSPS) is 20.0. The molecule has 0 spiro atoms. The zero-order valence-corrected chi connectivity index (χ0v) is 17.6. The highest BCUT2D eigenvalue weighted by molar-refractivity contribution is 7.92. The van der Waals surface area contributed by atoms with Crippen LogP contribution >= 0.6 is 0 Å². The second-order valence-corrected chi connectivity index (χ2v) is 9.74. The van der Waals surface area contributed by atoms with E-state index in [-0.39, 0.29) is 11.9 Å². The van der Waals surface area contributed by atoms with Gasteiger partial charge in [0.05, 0.1) is 11.9 Å². The van der Waals surface area contributed by atoms with Crippen molar-refractivity contribution in [3.8, 4) is 0 Å². The summed E-state index contributed by atoms with van der Waals surface area (Å²) in [6, 6.07) is 9.26. The zero-order valence-electron chi connectivity index (χ0n) is 16.8. The second-order valence-electron chi connectivity index (χ2n) is 7.89. The number of hydrogen-bond acceptors (Lipinski definition) is 5. The summed E-state index contributed by atoms with van der Waals surface area (Å²) in [5.41, 5.74) is 3.42. The molecule has 0 N–H and O–H groups in total. The van der Waals surface area contributed by atoms with Crippen molar-refractivity contribution in [2.75, 3.05) is 36.7 Å². The Balaban J connectivity index is 1.42. The maximum absolute atomic E-state index is 13.0. The third-order valence-electron chi connectivity index (χ3n) is 5.63. The number of sulfonamides is 1. The Morgan fingerprint density at radius 3 is 2.59 bits per heavy atom. The quantitative estimate of drug-likeness (QED) is 0.762. The lowest BCUT2D eigenvalue weighted by molar-refractivity contribution is 0.0628. The van der Waals surface area contributed by atoms with Gasteiger partial charge in [0.2, 0.25) is 10.0 Å². The second kappa shape index (κ2) is 7.76. The topological polar surface area (TPSA) is 73.8 Å². The van der Waals surface area contributed by atoms with Gasteiger partial charge in [-0.1, -0.05) is 6.07 Å². The predicted octanol–water partition coefficient (Wildman–Crippen LogP) is 1.75. The summed E-state index contributed by atoms with van der Waals surface area (Å²) in [4.78, 5) is 21.4. The first-order valence-electron chi connectivity index (χ1n) is 9.86. The molecule has 1 amide bonds. The van der Waals surface area contributed by atoms with Crippen LogP contribution in [0, 0.1) is 0 Å². The molecule has 2 aromatic rings. The van der Waals surface area contributed by atoms with Gasteiger partial charge in [-0.3, -0.25) is 19.0 Å². The molecule has 3 heterocycles. The van der Waals surface area contributed by atoms with Crippen LogP contribution in [0.2, 0.25) is 0 Å². The van der Waals surface area contributed by atoms with Gasteiger partial charge in [-0.25, -0.2) is 8.42 Å². The smallest absolute Gasteiger partial charge is 0.253 e. The van der Waals surface area contributed by atoms with Crippen molar-refractivity contribution in [3.05, 3.63) is 59.4 Å². The van der Waals surface area contributed by atoms with Crippen LogP contribution < -0.4 is 4.31 Å². The largest absolute Gasteiger partial charge is 0.336 e. The van der Waals surface area contributed by atoms with Crippen molar-refractivity contribution in [3.63, 3.8) is 0 Å². The van der Waals surface area contributed by atoms with E-state index in [1.807, 2.05) is 30.2 Å². The van der Waals surface area contributed by atoms with Crippen molar-refractivity contribution in [2.24, 2.45) is 0 Å². The van der Waals surface area contributed by atoms with Crippen molar-refractivity contribution in [1.29, 1.82) is 0 Å². The molecule has 29 heavy (non-hydrogen) atoms. The molecule has 4 rings (SSSR count). The number of amides is 1. The van der Waals surface area contributed by atoms with Crippen LogP contribution in [0.1, 0.15) is 28.4 Å². The maximum atomic E-state index is 13.0. The van der Waals surface area contributed by atoms with Gasteiger partial charge in [-0.05, 0) is 48.7 Å². The first-order valence-corrected chi connectivity index (χ1v) is 11.7. The van der Waals surface area contributed by atoms with Gasteiger partial charge < -0.3 is 4.90 Å². The lowest BCUT2D eigenvalue weighted by atomic mass is 10.1. The number of rotatable bonds is 4. The van der Waals surface area contributed by atoms with E-state index in [0.29, 0.717) is 30.8 Å². The number of hydrogen-bond donors (Lipinski definition) is 0. The van der Waals surface area contributed by atoms with Crippen LogP contribution in [-0.4, -0.2) is 67.6 Å². The summed E-state index contributed by atoms with van der Waals surface area (Å²) in [7, 11) is -3.32. The molecule has 7 nitrogen and oxygen atoms in total. The van der Waals surface area contributed by atoms with Crippen LogP contribution in [-0.2, 0) is 23.0 Å². The number of carbonyl (C=O) groups excluding carboxylic acids is 1. The average molecular weight is 415 g/mol. The molecular weight excluding hydrogens is 388 g/mol. The third kappa shape index (κ3) is 4.13. The molecular formula is C21H26N4O3S. The summed E-state index contributed by atoms with van der Waals surface area (Å²) in [6.45, 7) is 5.75. The van der Waals surface area contributed by atoms with E-state index in [4.69, 9.17) is 0 Å². The fourth-order valence-electron chi connectivity index (χ4n) is 4.28. The minimum Gasteiger partial charge on any atom is -0.336 e. The zero-order chi connectivity index (χ0) is 20.6. The molecule has 1 atom stereocenters. The number of nitrogens with zero attached hydrogens (tertiary/aromatic N) is 4. The lowest BCUT2D eigenvalue weighted by Gasteiger charge is -2.34. The van der Waals surface area contributed by atoms with Gasteiger partial charge >= 0.3 is 0 Å².